The van der Waals surface area contributed by atoms with E-state index in [1.54, 1.807) is 0 Å². The van der Waals surface area contributed by atoms with Crippen LogP contribution in [0.15, 0.2) is 60.7 Å². The first kappa shape index (κ1) is 20.7. The summed E-state index contributed by atoms with van der Waals surface area (Å²) >= 11 is 0. The molecular weight excluding hydrogens is 324 g/mol. The van der Waals surface area contributed by atoms with Crippen molar-refractivity contribution in [1.29, 1.82) is 0 Å². The lowest BCUT2D eigenvalue weighted by Gasteiger charge is -2.04. The minimum Gasteiger partial charge on any atom is -0.309 e. The molecule has 0 heterocycles. The molecule has 5 heteroatoms. The largest absolute Gasteiger partial charge is 0.373 e. The summed E-state index contributed by atoms with van der Waals surface area (Å²) in [5, 5.41) is 3.42. The van der Waals surface area contributed by atoms with E-state index in [0.717, 1.165) is 19.5 Å². The molecule has 0 amide bonds. The molecular formula is C20H23F2NO2. The van der Waals surface area contributed by atoms with Crippen molar-refractivity contribution in [3.05, 3.63) is 71.8 Å². The maximum Gasteiger partial charge on any atom is 0.373 e. The van der Waals surface area contributed by atoms with Gasteiger partial charge in [0.25, 0.3) is 0 Å². The molecule has 2 unspecified atom stereocenters. The standard InChI is InChI=1S/C14H15N.C5H8F2.CO2/c1-3-7-13(8-4-1)11-15-12-14-9-5-2-6-10-14;1-3-2-4(3)5(6)7;2-1-3/h1-10,15H,11-12H2;3-5H,2H2,1H3;. The Morgan fingerprint density at radius 2 is 1.32 bits per heavy atom. The topological polar surface area (TPSA) is 46.2 Å². The van der Waals surface area contributed by atoms with Crippen LogP contribution in [0.25, 0.3) is 0 Å². The minimum atomic E-state index is -2.06. The van der Waals surface area contributed by atoms with E-state index in [2.05, 4.69) is 53.8 Å². The van der Waals surface area contributed by atoms with E-state index in [4.69, 9.17) is 9.59 Å². The lowest BCUT2D eigenvalue weighted by Crippen LogP contribution is -2.12. The van der Waals surface area contributed by atoms with Crippen molar-refractivity contribution in [3.63, 3.8) is 0 Å². The third-order valence-electron chi connectivity index (χ3n) is 3.84. The fourth-order valence-electron chi connectivity index (χ4n) is 2.24. The Bertz CT molecular complexity index is 575. The van der Waals surface area contributed by atoms with Gasteiger partial charge in [-0.1, -0.05) is 67.6 Å². The summed E-state index contributed by atoms with van der Waals surface area (Å²) < 4.78 is 22.9. The first-order valence-electron chi connectivity index (χ1n) is 8.14. The van der Waals surface area contributed by atoms with Gasteiger partial charge in [-0.3, -0.25) is 0 Å². The first-order valence-corrected chi connectivity index (χ1v) is 8.14. The molecule has 0 aliphatic heterocycles. The number of halogens is 2. The van der Waals surface area contributed by atoms with Crippen LogP contribution >= 0.6 is 0 Å². The van der Waals surface area contributed by atoms with Crippen LogP contribution in [-0.4, -0.2) is 12.6 Å². The Morgan fingerprint density at radius 1 is 0.960 bits per heavy atom. The van der Waals surface area contributed by atoms with Crippen molar-refractivity contribution in [3.8, 4) is 0 Å². The van der Waals surface area contributed by atoms with Crippen molar-refractivity contribution >= 4 is 6.15 Å². The van der Waals surface area contributed by atoms with Gasteiger partial charge in [0.05, 0.1) is 0 Å². The summed E-state index contributed by atoms with van der Waals surface area (Å²) in [5.74, 6) is 0.0278. The minimum absolute atomic E-state index is 0.250. The van der Waals surface area contributed by atoms with Crippen LogP contribution in [0.2, 0.25) is 0 Å². The fourth-order valence-corrected chi connectivity index (χ4v) is 2.24. The molecule has 2 aromatic carbocycles. The van der Waals surface area contributed by atoms with E-state index < -0.39 is 6.43 Å². The molecule has 1 fully saturated rings. The molecule has 1 saturated carbocycles. The Labute approximate surface area is 147 Å². The van der Waals surface area contributed by atoms with E-state index in [1.807, 2.05) is 19.1 Å². The van der Waals surface area contributed by atoms with Crippen LogP contribution in [-0.2, 0) is 22.7 Å². The predicted octanol–water partition coefficient (Wildman–Crippen LogP) is 4.30. The maximum absolute atomic E-state index is 11.5. The molecule has 1 N–H and O–H groups in total. The second kappa shape index (κ2) is 12.1. The summed E-state index contributed by atoms with van der Waals surface area (Å²) in [6, 6.07) is 20.9. The van der Waals surface area contributed by atoms with Crippen LogP contribution in [0.1, 0.15) is 24.5 Å². The number of nitrogens with one attached hydrogen (secondary N) is 1. The van der Waals surface area contributed by atoms with E-state index >= 15 is 0 Å². The van der Waals surface area contributed by atoms with Gasteiger partial charge in [-0.15, -0.1) is 0 Å². The van der Waals surface area contributed by atoms with Gasteiger partial charge >= 0.3 is 6.15 Å². The number of alkyl halides is 2. The molecule has 0 aromatic heterocycles. The molecule has 0 bridgehead atoms. The summed E-state index contributed by atoms with van der Waals surface area (Å²) in [7, 11) is 0. The molecule has 2 aromatic rings. The van der Waals surface area contributed by atoms with Crippen LogP contribution in [0.5, 0.6) is 0 Å². The molecule has 1 aliphatic rings. The summed E-state index contributed by atoms with van der Waals surface area (Å²) in [4.78, 5) is 16.2. The number of carbonyl (C=O) groups excluding carboxylic acids is 2. The average Bonchev–Trinajstić information content (AvgIpc) is 3.35. The van der Waals surface area contributed by atoms with Crippen molar-refractivity contribution in [1.82, 2.24) is 5.32 Å². The normalized spacial score (nSPS) is 17.4. The number of rotatable bonds is 5. The van der Waals surface area contributed by atoms with Gasteiger partial charge in [0.2, 0.25) is 6.43 Å². The van der Waals surface area contributed by atoms with Gasteiger partial charge in [-0.25, -0.2) is 8.78 Å². The quantitative estimate of drug-likeness (QED) is 0.877. The van der Waals surface area contributed by atoms with Crippen LogP contribution in [0.4, 0.5) is 8.78 Å². The maximum atomic E-state index is 11.5. The first-order chi connectivity index (χ1) is 12.1. The predicted molar refractivity (Wildman–Crippen MR) is 91.7 cm³/mol. The highest BCUT2D eigenvalue weighted by atomic mass is 19.3. The molecule has 3 rings (SSSR count). The lowest BCUT2D eigenvalue weighted by atomic mass is 10.2. The zero-order chi connectivity index (χ0) is 18.5. The molecule has 134 valence electrons. The van der Waals surface area contributed by atoms with Crippen molar-refractivity contribution in [2.75, 3.05) is 0 Å². The zero-order valence-electron chi connectivity index (χ0n) is 14.2. The fraction of sp³-hybridized carbons (Fsp3) is 0.350. The van der Waals surface area contributed by atoms with E-state index in [1.165, 1.54) is 11.1 Å². The van der Waals surface area contributed by atoms with Crippen LogP contribution < -0.4 is 5.32 Å². The van der Waals surface area contributed by atoms with E-state index in [-0.39, 0.29) is 12.1 Å². The molecule has 0 spiro atoms. The molecule has 3 nitrogen and oxygen atoms in total. The van der Waals surface area contributed by atoms with Gasteiger partial charge < -0.3 is 5.32 Å². The van der Waals surface area contributed by atoms with Gasteiger partial charge in [-0.2, -0.15) is 9.59 Å². The number of hydrogen-bond acceptors (Lipinski definition) is 3. The zero-order valence-corrected chi connectivity index (χ0v) is 14.2. The molecule has 0 radical (unpaired) electrons. The third kappa shape index (κ3) is 9.50. The highest BCUT2D eigenvalue weighted by molar-refractivity contribution is 5.20. The van der Waals surface area contributed by atoms with E-state index in [0.29, 0.717) is 5.92 Å². The van der Waals surface area contributed by atoms with Crippen molar-refractivity contribution in [2.24, 2.45) is 11.8 Å². The average molecular weight is 347 g/mol. The summed E-state index contributed by atoms with van der Waals surface area (Å²) in [6.07, 6.45) is -1.08. The van der Waals surface area contributed by atoms with E-state index in [9.17, 15) is 8.78 Å². The highest BCUT2D eigenvalue weighted by Gasteiger charge is 2.40. The third-order valence-corrected chi connectivity index (χ3v) is 3.84. The Kier molecular flexibility index (Phi) is 9.98. The van der Waals surface area contributed by atoms with Gasteiger partial charge in [-0.05, 0) is 23.5 Å². The second-order valence-electron chi connectivity index (χ2n) is 5.87. The molecule has 0 saturated heterocycles. The summed E-state index contributed by atoms with van der Waals surface area (Å²) in [5.41, 5.74) is 2.65. The summed E-state index contributed by atoms with van der Waals surface area (Å²) in [6.45, 7) is 3.71. The van der Waals surface area contributed by atoms with Crippen molar-refractivity contribution in [2.45, 2.75) is 32.9 Å². The molecule has 1 aliphatic carbocycles. The lowest BCUT2D eigenvalue weighted by molar-refractivity contribution is -0.191. The molecule has 2 atom stereocenters. The van der Waals surface area contributed by atoms with Gasteiger partial charge in [0.1, 0.15) is 0 Å². The van der Waals surface area contributed by atoms with Crippen LogP contribution in [0, 0.1) is 11.8 Å². The Balaban J connectivity index is 0.000000260. The SMILES string of the molecule is CC1CC1C(F)F.O=C=O.c1ccc(CNCc2ccccc2)cc1. The Hall–Kier alpha value is -2.36. The monoisotopic (exact) mass is 347 g/mol. The smallest absolute Gasteiger partial charge is 0.309 e. The second-order valence-corrected chi connectivity index (χ2v) is 5.87. The Morgan fingerprint density at radius 3 is 1.56 bits per heavy atom. The van der Waals surface area contributed by atoms with Gasteiger partial charge in [0.15, 0.2) is 0 Å². The number of hydrogen-bond donors (Lipinski definition) is 1. The number of benzene rings is 2. The van der Waals surface area contributed by atoms with Crippen molar-refractivity contribution < 1.29 is 18.4 Å². The van der Waals surface area contributed by atoms with Crippen LogP contribution in [0.3, 0.4) is 0 Å². The molecule has 25 heavy (non-hydrogen) atoms. The highest BCUT2D eigenvalue weighted by Crippen LogP contribution is 2.42. The van der Waals surface area contributed by atoms with Gasteiger partial charge in [0, 0.05) is 19.0 Å².